The highest BCUT2D eigenvalue weighted by atomic mass is 79.9. The molecular formula is C22H27BrN2O4S. The molecule has 162 valence electrons. The van der Waals surface area contributed by atoms with Crippen molar-refractivity contribution in [3.05, 3.63) is 52.5 Å². The Morgan fingerprint density at radius 1 is 1.17 bits per heavy atom. The van der Waals surface area contributed by atoms with Gasteiger partial charge in [0.2, 0.25) is 5.91 Å². The van der Waals surface area contributed by atoms with Crippen molar-refractivity contribution in [1.29, 1.82) is 0 Å². The quantitative estimate of drug-likeness (QED) is 0.602. The fourth-order valence-electron chi connectivity index (χ4n) is 3.44. The molecule has 0 spiro atoms. The number of carbonyl (C=O) groups is 1. The van der Waals surface area contributed by atoms with Gasteiger partial charge in [0.1, 0.15) is 12.3 Å². The summed E-state index contributed by atoms with van der Waals surface area (Å²) >= 11 is 3.35. The second kappa shape index (κ2) is 9.39. The number of hydrogen-bond donors (Lipinski definition) is 0. The van der Waals surface area contributed by atoms with Crippen LogP contribution in [0.2, 0.25) is 0 Å². The lowest BCUT2D eigenvalue weighted by molar-refractivity contribution is -0.130. The number of anilines is 1. The number of rotatable bonds is 6. The number of methoxy groups -OCH3 is 1. The molecule has 0 aliphatic carbocycles. The van der Waals surface area contributed by atoms with Gasteiger partial charge in [-0.25, -0.2) is 8.42 Å². The number of ether oxygens (including phenoxy) is 1. The number of aryl methyl sites for hydroxylation is 1. The molecule has 6 nitrogen and oxygen atoms in total. The molecular weight excluding hydrogens is 468 g/mol. The molecule has 0 aromatic heterocycles. The van der Waals surface area contributed by atoms with Gasteiger partial charge in [0.05, 0.1) is 22.2 Å². The smallest absolute Gasteiger partial charge is 0.264 e. The topological polar surface area (TPSA) is 66.9 Å². The monoisotopic (exact) mass is 494 g/mol. The van der Waals surface area contributed by atoms with Crippen LogP contribution in [-0.4, -0.2) is 46.0 Å². The van der Waals surface area contributed by atoms with E-state index in [1.165, 1.54) is 23.5 Å². The first-order chi connectivity index (χ1) is 14.2. The summed E-state index contributed by atoms with van der Waals surface area (Å²) in [4.78, 5) is 14.8. The summed E-state index contributed by atoms with van der Waals surface area (Å²) < 4.78 is 34.0. The van der Waals surface area contributed by atoms with Crippen molar-refractivity contribution >= 4 is 37.5 Å². The fourth-order valence-corrected chi connectivity index (χ4v) is 5.57. The zero-order valence-electron chi connectivity index (χ0n) is 17.5. The second-order valence-electron chi connectivity index (χ2n) is 7.71. The lowest BCUT2D eigenvalue weighted by Gasteiger charge is -2.32. The average Bonchev–Trinajstić information content (AvgIpc) is 2.73. The van der Waals surface area contributed by atoms with E-state index in [9.17, 15) is 13.2 Å². The van der Waals surface area contributed by atoms with Gasteiger partial charge in [0, 0.05) is 13.1 Å². The molecule has 0 radical (unpaired) electrons. The maximum atomic E-state index is 13.5. The van der Waals surface area contributed by atoms with E-state index in [1.54, 1.807) is 23.1 Å². The Bertz CT molecular complexity index is 1000. The van der Waals surface area contributed by atoms with Crippen LogP contribution in [0.4, 0.5) is 5.69 Å². The minimum Gasteiger partial charge on any atom is -0.496 e. The first kappa shape index (κ1) is 22.6. The molecule has 0 unspecified atom stereocenters. The average molecular weight is 495 g/mol. The van der Waals surface area contributed by atoms with Crippen LogP contribution in [0.1, 0.15) is 25.3 Å². The van der Waals surface area contributed by atoms with Crippen LogP contribution in [0.25, 0.3) is 0 Å². The molecule has 1 amide bonds. The van der Waals surface area contributed by atoms with Crippen LogP contribution < -0.4 is 9.04 Å². The van der Waals surface area contributed by atoms with Crippen molar-refractivity contribution in [3.63, 3.8) is 0 Å². The minimum atomic E-state index is -3.96. The predicted molar refractivity (Wildman–Crippen MR) is 121 cm³/mol. The van der Waals surface area contributed by atoms with Crippen molar-refractivity contribution in [1.82, 2.24) is 4.90 Å². The van der Waals surface area contributed by atoms with E-state index in [0.29, 0.717) is 34.9 Å². The number of sulfonamides is 1. The van der Waals surface area contributed by atoms with Gasteiger partial charge in [-0.2, -0.15) is 0 Å². The third kappa shape index (κ3) is 4.98. The number of amides is 1. The number of nitrogens with zero attached hydrogens (tertiary/aromatic N) is 2. The van der Waals surface area contributed by atoms with Gasteiger partial charge in [-0.15, -0.1) is 0 Å². The van der Waals surface area contributed by atoms with Crippen LogP contribution in [-0.2, 0) is 14.8 Å². The molecule has 1 saturated heterocycles. The van der Waals surface area contributed by atoms with Gasteiger partial charge in [0.25, 0.3) is 10.0 Å². The Labute approximate surface area is 187 Å². The first-order valence-corrected chi connectivity index (χ1v) is 12.2. The van der Waals surface area contributed by atoms with Gasteiger partial charge in [-0.05, 0) is 71.9 Å². The zero-order valence-corrected chi connectivity index (χ0v) is 19.9. The van der Waals surface area contributed by atoms with E-state index in [0.717, 1.165) is 18.4 Å². The highest BCUT2D eigenvalue weighted by Gasteiger charge is 2.30. The minimum absolute atomic E-state index is 0.0933. The largest absolute Gasteiger partial charge is 0.496 e. The maximum absolute atomic E-state index is 13.5. The number of piperidine rings is 1. The van der Waals surface area contributed by atoms with Crippen LogP contribution in [0.5, 0.6) is 5.75 Å². The SMILES string of the molecule is COc1ccc(S(=O)(=O)N(CC(=O)N2CCC(C)CC2)c2ccc(C)cc2)cc1Br. The lowest BCUT2D eigenvalue weighted by atomic mass is 9.99. The van der Waals surface area contributed by atoms with Crippen LogP contribution in [0.15, 0.2) is 51.8 Å². The maximum Gasteiger partial charge on any atom is 0.264 e. The summed E-state index contributed by atoms with van der Waals surface area (Å²) in [6, 6.07) is 11.7. The Kier molecular flexibility index (Phi) is 7.08. The van der Waals surface area contributed by atoms with Crippen molar-refractivity contribution in [2.75, 3.05) is 31.0 Å². The highest BCUT2D eigenvalue weighted by Crippen LogP contribution is 2.31. The Balaban J connectivity index is 1.95. The van der Waals surface area contributed by atoms with Gasteiger partial charge < -0.3 is 9.64 Å². The van der Waals surface area contributed by atoms with E-state index >= 15 is 0 Å². The van der Waals surface area contributed by atoms with E-state index in [1.807, 2.05) is 19.1 Å². The van der Waals surface area contributed by atoms with Crippen molar-refractivity contribution in [2.24, 2.45) is 5.92 Å². The van der Waals surface area contributed by atoms with E-state index in [2.05, 4.69) is 22.9 Å². The molecule has 0 saturated carbocycles. The second-order valence-corrected chi connectivity index (χ2v) is 10.4. The van der Waals surface area contributed by atoms with Gasteiger partial charge >= 0.3 is 0 Å². The van der Waals surface area contributed by atoms with Gasteiger partial charge in [-0.3, -0.25) is 9.10 Å². The van der Waals surface area contributed by atoms with Gasteiger partial charge in [-0.1, -0.05) is 24.6 Å². The molecule has 2 aromatic rings. The molecule has 8 heteroatoms. The zero-order chi connectivity index (χ0) is 21.9. The molecule has 0 bridgehead atoms. The normalized spacial score (nSPS) is 15.1. The molecule has 0 atom stereocenters. The lowest BCUT2D eigenvalue weighted by Crippen LogP contribution is -2.45. The van der Waals surface area contributed by atoms with E-state index < -0.39 is 10.0 Å². The van der Waals surface area contributed by atoms with Crippen LogP contribution in [0, 0.1) is 12.8 Å². The molecule has 1 fully saturated rings. The third-order valence-electron chi connectivity index (χ3n) is 5.45. The Morgan fingerprint density at radius 2 is 1.80 bits per heavy atom. The summed E-state index contributed by atoms with van der Waals surface area (Å²) in [5.74, 6) is 0.940. The first-order valence-electron chi connectivity index (χ1n) is 9.93. The third-order valence-corrected chi connectivity index (χ3v) is 7.84. The Hall–Kier alpha value is -2.06. The predicted octanol–water partition coefficient (Wildman–Crippen LogP) is 4.22. The molecule has 1 aliphatic rings. The number of halogens is 1. The number of likely N-dealkylation sites (tertiary alicyclic amines) is 1. The molecule has 1 heterocycles. The van der Waals surface area contributed by atoms with Crippen molar-refractivity contribution < 1.29 is 17.9 Å². The molecule has 0 N–H and O–H groups in total. The molecule has 1 aliphatic heterocycles. The summed E-state index contributed by atoms with van der Waals surface area (Å²) in [5, 5.41) is 0. The van der Waals surface area contributed by atoms with E-state index in [-0.39, 0.29) is 17.3 Å². The van der Waals surface area contributed by atoms with Gasteiger partial charge in [0.15, 0.2) is 0 Å². The summed E-state index contributed by atoms with van der Waals surface area (Å²) in [7, 11) is -2.44. The summed E-state index contributed by atoms with van der Waals surface area (Å²) in [6.45, 7) is 5.20. The number of benzene rings is 2. The summed E-state index contributed by atoms with van der Waals surface area (Å²) in [6.07, 6.45) is 1.88. The van der Waals surface area contributed by atoms with Crippen LogP contribution in [0.3, 0.4) is 0 Å². The summed E-state index contributed by atoms with van der Waals surface area (Å²) in [5.41, 5.74) is 1.48. The molecule has 3 rings (SSSR count). The van der Waals surface area contributed by atoms with E-state index in [4.69, 9.17) is 4.74 Å². The van der Waals surface area contributed by atoms with Crippen molar-refractivity contribution in [3.8, 4) is 5.75 Å². The fraction of sp³-hybridized carbons (Fsp3) is 0.409. The standard InChI is InChI=1S/C22H27BrN2O4S/c1-16-4-6-18(7-5-16)25(15-22(26)24-12-10-17(2)11-13-24)30(27,28)19-8-9-21(29-3)20(23)14-19/h4-9,14,17H,10-13,15H2,1-3H3. The van der Waals surface area contributed by atoms with Crippen LogP contribution >= 0.6 is 15.9 Å². The molecule has 30 heavy (non-hydrogen) atoms. The molecule has 2 aromatic carbocycles. The number of carbonyl (C=O) groups excluding carboxylic acids is 1. The number of hydrogen-bond acceptors (Lipinski definition) is 4. The highest BCUT2D eigenvalue weighted by molar-refractivity contribution is 9.10. The Morgan fingerprint density at radius 3 is 2.37 bits per heavy atom. The van der Waals surface area contributed by atoms with Crippen molar-refractivity contribution in [2.45, 2.75) is 31.6 Å².